The van der Waals surface area contributed by atoms with Crippen molar-refractivity contribution in [3.8, 4) is 0 Å². The summed E-state index contributed by atoms with van der Waals surface area (Å²) >= 11 is 0. The monoisotopic (exact) mass is 316 g/mol. The van der Waals surface area contributed by atoms with Gasteiger partial charge < -0.3 is 10.1 Å². The maximum Gasteiger partial charge on any atom is 0.263 e. The van der Waals surface area contributed by atoms with Crippen molar-refractivity contribution in [1.82, 2.24) is 10.3 Å². The summed E-state index contributed by atoms with van der Waals surface area (Å²) in [6.45, 7) is 1.95. The van der Waals surface area contributed by atoms with E-state index in [9.17, 15) is 13.9 Å². The number of hydrogen-bond donors (Lipinski definition) is 3. The minimum Gasteiger partial charge on any atom is -0.373 e. The summed E-state index contributed by atoms with van der Waals surface area (Å²) < 4.78 is 25.5. The van der Waals surface area contributed by atoms with Crippen LogP contribution in [0, 0.1) is 0 Å². The second kappa shape index (κ2) is 6.48. The number of aliphatic hydroxyl groups is 1. The molecule has 0 bridgehead atoms. The Morgan fingerprint density at radius 2 is 1.74 bits per heavy atom. The van der Waals surface area contributed by atoms with E-state index in [0.717, 1.165) is 10.9 Å². The normalized spacial score (nSPS) is 14.3. The summed E-state index contributed by atoms with van der Waals surface area (Å²) in [7, 11) is 0. The molecule has 1 aromatic heterocycles. The lowest BCUT2D eigenvalue weighted by molar-refractivity contribution is 0.122. The lowest BCUT2D eigenvalue weighted by Crippen LogP contribution is -2.24. The van der Waals surface area contributed by atoms with Crippen molar-refractivity contribution in [3.05, 3.63) is 71.4 Å². The number of aromatic amines is 1. The summed E-state index contributed by atoms with van der Waals surface area (Å²) in [5, 5.41) is 14.2. The van der Waals surface area contributed by atoms with Gasteiger partial charge in [0.2, 0.25) is 0 Å². The number of rotatable bonds is 5. The highest BCUT2D eigenvalue weighted by Crippen LogP contribution is 2.26. The first-order chi connectivity index (χ1) is 11.0. The lowest BCUT2D eigenvalue weighted by Gasteiger charge is -2.18. The average Bonchev–Trinajstić information content (AvgIpc) is 2.98. The molecule has 0 amide bonds. The predicted molar refractivity (Wildman–Crippen MR) is 86.2 cm³/mol. The largest absolute Gasteiger partial charge is 0.373 e. The van der Waals surface area contributed by atoms with Gasteiger partial charge in [0.1, 0.15) is 6.23 Å². The molecule has 3 N–H and O–H groups in total. The fourth-order valence-corrected chi connectivity index (χ4v) is 2.61. The second-order valence-corrected chi connectivity index (χ2v) is 5.57. The Labute approximate surface area is 133 Å². The summed E-state index contributed by atoms with van der Waals surface area (Å²) in [5.41, 5.74) is 2.16. The first-order valence-corrected chi connectivity index (χ1v) is 7.44. The zero-order chi connectivity index (χ0) is 16.4. The van der Waals surface area contributed by atoms with Crippen LogP contribution in [-0.4, -0.2) is 10.1 Å². The van der Waals surface area contributed by atoms with Gasteiger partial charge in [-0.15, -0.1) is 0 Å². The van der Waals surface area contributed by atoms with Crippen molar-refractivity contribution in [3.63, 3.8) is 0 Å². The highest BCUT2D eigenvalue weighted by Gasteiger charge is 2.15. The van der Waals surface area contributed by atoms with Gasteiger partial charge in [0.15, 0.2) is 0 Å². The Kier molecular flexibility index (Phi) is 4.41. The molecule has 3 nitrogen and oxygen atoms in total. The van der Waals surface area contributed by atoms with E-state index in [-0.39, 0.29) is 11.6 Å². The number of aromatic nitrogens is 1. The van der Waals surface area contributed by atoms with E-state index in [1.165, 1.54) is 12.1 Å². The Morgan fingerprint density at radius 3 is 2.43 bits per heavy atom. The van der Waals surface area contributed by atoms with Crippen LogP contribution in [0.4, 0.5) is 8.78 Å². The third-order valence-corrected chi connectivity index (χ3v) is 3.92. The van der Waals surface area contributed by atoms with Crippen molar-refractivity contribution < 1.29 is 13.9 Å². The van der Waals surface area contributed by atoms with Crippen molar-refractivity contribution in [2.24, 2.45) is 0 Å². The van der Waals surface area contributed by atoms with Crippen LogP contribution in [-0.2, 0) is 0 Å². The summed E-state index contributed by atoms with van der Waals surface area (Å²) in [5.74, 6) is 0. The Hall–Kier alpha value is -2.24. The van der Waals surface area contributed by atoms with Gasteiger partial charge in [0.05, 0.1) is 5.69 Å². The van der Waals surface area contributed by atoms with Crippen molar-refractivity contribution >= 4 is 10.9 Å². The van der Waals surface area contributed by atoms with Gasteiger partial charge in [-0.3, -0.25) is 5.32 Å². The molecule has 0 spiro atoms. The number of alkyl halides is 2. The standard InChI is InChI=1S/C18H18F2N2O/c1-11(12-5-3-2-4-6-12)21-18(23)16-9-13-7-8-14(17(19)20)10-15(13)22-16/h2-11,17-18,21-23H,1H3/t11-,18?/m1/s1. The quantitative estimate of drug-likeness (QED) is 0.609. The predicted octanol–water partition coefficient (Wildman–Crippen LogP) is 4.45. The molecule has 5 heteroatoms. The molecule has 0 saturated heterocycles. The zero-order valence-corrected chi connectivity index (χ0v) is 12.6. The fraction of sp³-hybridized carbons (Fsp3) is 0.222. The number of hydrogen-bond acceptors (Lipinski definition) is 2. The second-order valence-electron chi connectivity index (χ2n) is 5.57. The molecule has 0 aliphatic heterocycles. The maximum atomic E-state index is 12.7. The van der Waals surface area contributed by atoms with Crippen molar-refractivity contribution in [2.45, 2.75) is 25.6 Å². The number of aliphatic hydroxyl groups excluding tert-OH is 1. The first-order valence-electron chi connectivity index (χ1n) is 7.44. The molecule has 2 aromatic carbocycles. The van der Waals surface area contributed by atoms with Gasteiger partial charge in [-0.2, -0.15) is 0 Å². The number of benzene rings is 2. The van der Waals surface area contributed by atoms with Gasteiger partial charge in [-0.05, 0) is 30.0 Å². The molecule has 1 heterocycles. The minimum atomic E-state index is -2.51. The van der Waals surface area contributed by atoms with Crippen LogP contribution >= 0.6 is 0 Å². The molecule has 120 valence electrons. The summed E-state index contributed by atoms with van der Waals surface area (Å²) in [4.78, 5) is 3.00. The highest BCUT2D eigenvalue weighted by molar-refractivity contribution is 5.81. The van der Waals surface area contributed by atoms with Gasteiger partial charge in [-0.25, -0.2) is 8.78 Å². The van der Waals surface area contributed by atoms with Gasteiger partial charge in [0, 0.05) is 17.1 Å². The number of fused-ring (bicyclic) bond motifs is 1. The molecule has 0 radical (unpaired) electrons. The molecular weight excluding hydrogens is 298 g/mol. The molecule has 23 heavy (non-hydrogen) atoms. The van der Waals surface area contributed by atoms with Crippen LogP contribution in [0.2, 0.25) is 0 Å². The SMILES string of the molecule is C[C@@H](NC(O)c1cc2ccc(C(F)F)cc2[nH]1)c1ccccc1. The van der Waals surface area contributed by atoms with Gasteiger partial charge >= 0.3 is 0 Å². The van der Waals surface area contributed by atoms with Gasteiger partial charge in [0.25, 0.3) is 6.43 Å². The summed E-state index contributed by atoms with van der Waals surface area (Å²) in [6.07, 6.45) is -3.42. The molecule has 2 atom stereocenters. The van der Waals surface area contributed by atoms with Crippen LogP contribution < -0.4 is 5.32 Å². The number of H-pyrrole nitrogens is 1. The van der Waals surface area contributed by atoms with E-state index in [1.807, 2.05) is 37.3 Å². The van der Waals surface area contributed by atoms with E-state index in [1.54, 1.807) is 12.1 Å². The Morgan fingerprint density at radius 1 is 1.00 bits per heavy atom. The molecule has 0 aliphatic carbocycles. The molecule has 3 rings (SSSR count). The van der Waals surface area contributed by atoms with Crippen LogP contribution in [0.1, 0.15) is 42.4 Å². The lowest BCUT2D eigenvalue weighted by atomic mass is 10.1. The maximum absolute atomic E-state index is 12.7. The number of halogens is 2. The molecule has 0 aliphatic rings. The van der Waals surface area contributed by atoms with Crippen LogP contribution in [0.5, 0.6) is 0 Å². The van der Waals surface area contributed by atoms with E-state index >= 15 is 0 Å². The summed E-state index contributed by atoms with van der Waals surface area (Å²) in [6, 6.07) is 15.9. The van der Waals surface area contributed by atoms with E-state index in [0.29, 0.717) is 11.2 Å². The topological polar surface area (TPSA) is 48.0 Å². The van der Waals surface area contributed by atoms with Gasteiger partial charge in [-0.1, -0.05) is 42.5 Å². The fourth-order valence-electron chi connectivity index (χ4n) is 2.61. The Bertz CT molecular complexity index is 786. The first kappa shape index (κ1) is 15.6. The number of nitrogens with one attached hydrogen (secondary N) is 2. The van der Waals surface area contributed by atoms with E-state index < -0.39 is 12.7 Å². The van der Waals surface area contributed by atoms with Crippen molar-refractivity contribution in [2.75, 3.05) is 0 Å². The Balaban J connectivity index is 1.79. The van der Waals surface area contributed by atoms with Crippen molar-refractivity contribution in [1.29, 1.82) is 0 Å². The van der Waals surface area contributed by atoms with Crippen LogP contribution in [0.15, 0.2) is 54.6 Å². The third kappa shape index (κ3) is 3.41. The third-order valence-electron chi connectivity index (χ3n) is 3.92. The van der Waals surface area contributed by atoms with E-state index in [4.69, 9.17) is 0 Å². The molecule has 0 saturated carbocycles. The minimum absolute atomic E-state index is 0.0361. The van der Waals surface area contributed by atoms with Crippen LogP contribution in [0.3, 0.4) is 0 Å². The van der Waals surface area contributed by atoms with E-state index in [2.05, 4.69) is 10.3 Å². The highest BCUT2D eigenvalue weighted by atomic mass is 19.3. The van der Waals surface area contributed by atoms with Crippen LogP contribution in [0.25, 0.3) is 10.9 Å². The smallest absolute Gasteiger partial charge is 0.263 e. The zero-order valence-electron chi connectivity index (χ0n) is 12.6. The molecular formula is C18H18F2N2O. The molecule has 1 unspecified atom stereocenters. The molecule has 3 aromatic rings. The average molecular weight is 316 g/mol. The molecule has 0 fully saturated rings.